The minimum absolute atomic E-state index is 0.155. The van der Waals surface area contributed by atoms with Crippen molar-refractivity contribution >= 4 is 33.6 Å². The molecule has 0 saturated carbocycles. The zero-order valence-corrected chi connectivity index (χ0v) is 10.3. The van der Waals surface area contributed by atoms with Crippen LogP contribution in [0.25, 0.3) is 21.8 Å². The van der Waals surface area contributed by atoms with Gasteiger partial charge in [-0.05, 0) is 13.0 Å². The molecule has 6 heteroatoms. The van der Waals surface area contributed by atoms with E-state index in [2.05, 4.69) is 10.1 Å². The Hall–Kier alpha value is -2.63. The van der Waals surface area contributed by atoms with Crippen LogP contribution in [-0.2, 0) is 6.54 Å². The highest BCUT2D eigenvalue weighted by molar-refractivity contribution is 6.16. The van der Waals surface area contributed by atoms with Crippen LogP contribution in [0.2, 0.25) is 0 Å². The molecular weight excluding hydrogens is 244 g/mol. The number of anilines is 1. The van der Waals surface area contributed by atoms with Gasteiger partial charge in [-0.3, -0.25) is 4.68 Å². The third-order valence-electron chi connectivity index (χ3n) is 3.11. The first kappa shape index (κ1) is 11.5. The van der Waals surface area contributed by atoms with E-state index in [-0.39, 0.29) is 11.5 Å². The molecule has 6 nitrogen and oxygen atoms in total. The number of hydrogen-bond donors (Lipinski definition) is 2. The minimum atomic E-state index is -1.01. The fourth-order valence-corrected chi connectivity index (χ4v) is 2.31. The van der Waals surface area contributed by atoms with Gasteiger partial charge in [-0.2, -0.15) is 5.10 Å². The molecule has 0 amide bonds. The third kappa shape index (κ3) is 1.53. The highest BCUT2D eigenvalue weighted by Crippen LogP contribution is 2.30. The van der Waals surface area contributed by atoms with E-state index in [1.54, 1.807) is 6.07 Å². The number of aryl methyl sites for hydroxylation is 1. The summed E-state index contributed by atoms with van der Waals surface area (Å²) in [4.78, 5) is 15.7. The number of carbonyl (C=O) groups is 1. The summed E-state index contributed by atoms with van der Waals surface area (Å²) < 4.78 is 1.44. The molecule has 2 aromatic heterocycles. The SMILES string of the molecule is CCn1nc2c(N)nc3ccccc3c2c1C(=O)O. The number of carboxylic acids is 1. The van der Waals surface area contributed by atoms with Gasteiger partial charge in [-0.1, -0.05) is 18.2 Å². The van der Waals surface area contributed by atoms with Crippen LogP contribution in [0.5, 0.6) is 0 Å². The summed E-state index contributed by atoms with van der Waals surface area (Å²) in [6.45, 7) is 2.30. The molecule has 1 aromatic carbocycles. The van der Waals surface area contributed by atoms with Crippen LogP contribution in [0, 0.1) is 0 Å². The van der Waals surface area contributed by atoms with E-state index >= 15 is 0 Å². The van der Waals surface area contributed by atoms with Crippen molar-refractivity contribution in [3.05, 3.63) is 30.0 Å². The highest BCUT2D eigenvalue weighted by atomic mass is 16.4. The standard InChI is InChI=1S/C13H12N4O2/c1-2-17-11(13(18)19)9-7-5-3-4-6-8(7)15-12(14)10(9)16-17/h3-6H,2H2,1H3,(H2,14,15)(H,18,19). The second-order valence-corrected chi connectivity index (χ2v) is 4.21. The summed E-state index contributed by atoms with van der Waals surface area (Å²) in [6, 6.07) is 7.32. The predicted molar refractivity (Wildman–Crippen MR) is 72.1 cm³/mol. The Morgan fingerprint density at radius 1 is 1.42 bits per heavy atom. The number of pyridine rings is 1. The van der Waals surface area contributed by atoms with Crippen LogP contribution >= 0.6 is 0 Å². The molecule has 19 heavy (non-hydrogen) atoms. The van der Waals surface area contributed by atoms with Crippen molar-refractivity contribution in [2.24, 2.45) is 0 Å². The van der Waals surface area contributed by atoms with Gasteiger partial charge >= 0.3 is 5.97 Å². The van der Waals surface area contributed by atoms with Gasteiger partial charge < -0.3 is 10.8 Å². The second-order valence-electron chi connectivity index (χ2n) is 4.21. The molecule has 3 N–H and O–H groups in total. The summed E-state index contributed by atoms with van der Waals surface area (Å²) in [5.41, 5.74) is 7.15. The summed E-state index contributed by atoms with van der Waals surface area (Å²) >= 11 is 0. The fraction of sp³-hybridized carbons (Fsp3) is 0.154. The number of nitrogens with zero attached hydrogens (tertiary/aromatic N) is 3. The Morgan fingerprint density at radius 3 is 2.84 bits per heavy atom. The lowest BCUT2D eigenvalue weighted by atomic mass is 10.1. The zero-order chi connectivity index (χ0) is 13.6. The summed E-state index contributed by atoms with van der Waals surface area (Å²) in [6.07, 6.45) is 0. The fourth-order valence-electron chi connectivity index (χ4n) is 2.31. The maximum Gasteiger partial charge on any atom is 0.354 e. The van der Waals surface area contributed by atoms with Crippen LogP contribution < -0.4 is 5.73 Å². The first-order chi connectivity index (χ1) is 9.13. The first-order valence-electron chi connectivity index (χ1n) is 5.91. The molecule has 0 spiro atoms. The lowest BCUT2D eigenvalue weighted by Crippen LogP contribution is -2.08. The molecule has 0 aliphatic rings. The number of benzene rings is 1. The summed E-state index contributed by atoms with van der Waals surface area (Å²) in [7, 11) is 0. The van der Waals surface area contributed by atoms with E-state index in [1.165, 1.54) is 4.68 Å². The van der Waals surface area contributed by atoms with Crippen LogP contribution in [0.4, 0.5) is 5.82 Å². The molecule has 3 rings (SSSR count). The van der Waals surface area contributed by atoms with Crippen LogP contribution in [0.1, 0.15) is 17.4 Å². The van der Waals surface area contributed by atoms with Crippen LogP contribution in [-0.4, -0.2) is 25.8 Å². The number of rotatable bonds is 2. The first-order valence-corrected chi connectivity index (χ1v) is 5.91. The Morgan fingerprint density at radius 2 is 2.16 bits per heavy atom. The Labute approximate surface area is 108 Å². The molecule has 0 saturated heterocycles. The number of carboxylic acid groups (broad SMARTS) is 1. The van der Waals surface area contributed by atoms with Crippen LogP contribution in [0.3, 0.4) is 0 Å². The van der Waals surface area contributed by atoms with Gasteiger partial charge in [0.1, 0.15) is 5.52 Å². The van der Waals surface area contributed by atoms with Crippen molar-refractivity contribution in [2.75, 3.05) is 5.73 Å². The van der Waals surface area contributed by atoms with Crippen molar-refractivity contribution in [1.82, 2.24) is 14.8 Å². The summed E-state index contributed by atoms with van der Waals surface area (Å²) in [5.74, 6) is -0.761. The zero-order valence-electron chi connectivity index (χ0n) is 10.3. The predicted octanol–water partition coefficient (Wildman–Crippen LogP) is 1.88. The normalized spacial score (nSPS) is 11.2. The Kier molecular flexibility index (Phi) is 2.38. The highest BCUT2D eigenvalue weighted by Gasteiger charge is 2.21. The van der Waals surface area contributed by atoms with Gasteiger partial charge in [0.05, 0.1) is 5.52 Å². The van der Waals surface area contributed by atoms with Crippen molar-refractivity contribution in [2.45, 2.75) is 13.5 Å². The minimum Gasteiger partial charge on any atom is -0.477 e. The van der Waals surface area contributed by atoms with E-state index < -0.39 is 5.97 Å². The number of nitrogens with two attached hydrogens (primary N) is 1. The number of nitrogen functional groups attached to an aromatic ring is 1. The topological polar surface area (TPSA) is 94.0 Å². The third-order valence-corrected chi connectivity index (χ3v) is 3.11. The van der Waals surface area contributed by atoms with Crippen molar-refractivity contribution in [3.63, 3.8) is 0 Å². The van der Waals surface area contributed by atoms with Crippen LogP contribution in [0.15, 0.2) is 24.3 Å². The lowest BCUT2D eigenvalue weighted by Gasteiger charge is -2.02. The number of fused-ring (bicyclic) bond motifs is 3. The van der Waals surface area contributed by atoms with E-state index in [4.69, 9.17) is 5.73 Å². The van der Waals surface area contributed by atoms with E-state index in [0.717, 1.165) is 5.39 Å². The van der Waals surface area contributed by atoms with Gasteiger partial charge in [-0.25, -0.2) is 9.78 Å². The average molecular weight is 256 g/mol. The maximum atomic E-state index is 11.5. The van der Waals surface area contributed by atoms with Crippen molar-refractivity contribution in [3.8, 4) is 0 Å². The molecule has 2 heterocycles. The molecule has 0 fully saturated rings. The molecule has 0 bridgehead atoms. The van der Waals surface area contributed by atoms with Gasteiger partial charge in [0.25, 0.3) is 0 Å². The van der Waals surface area contributed by atoms with Gasteiger partial charge in [0.15, 0.2) is 11.5 Å². The largest absolute Gasteiger partial charge is 0.477 e. The van der Waals surface area contributed by atoms with Crippen molar-refractivity contribution in [1.29, 1.82) is 0 Å². The monoisotopic (exact) mass is 256 g/mol. The lowest BCUT2D eigenvalue weighted by molar-refractivity contribution is 0.0686. The van der Waals surface area contributed by atoms with E-state index in [0.29, 0.717) is 23.0 Å². The number of hydrogen-bond acceptors (Lipinski definition) is 4. The summed E-state index contributed by atoms with van der Waals surface area (Å²) in [5, 5.41) is 15.0. The number of para-hydroxylation sites is 1. The average Bonchev–Trinajstić information content (AvgIpc) is 2.79. The molecular formula is C13H12N4O2. The number of aromatic nitrogens is 3. The molecule has 96 valence electrons. The maximum absolute atomic E-state index is 11.5. The molecule has 0 aliphatic heterocycles. The van der Waals surface area contributed by atoms with E-state index in [9.17, 15) is 9.90 Å². The molecule has 0 radical (unpaired) electrons. The van der Waals surface area contributed by atoms with Gasteiger partial charge in [0, 0.05) is 17.3 Å². The van der Waals surface area contributed by atoms with E-state index in [1.807, 2.05) is 25.1 Å². The molecule has 0 aliphatic carbocycles. The number of aromatic carboxylic acids is 1. The van der Waals surface area contributed by atoms with Gasteiger partial charge in [-0.15, -0.1) is 0 Å². The quantitative estimate of drug-likeness (QED) is 0.730. The Bertz CT molecular complexity index is 807. The Balaban J connectivity index is 2.60. The molecule has 3 aromatic rings. The van der Waals surface area contributed by atoms with Crippen molar-refractivity contribution < 1.29 is 9.90 Å². The molecule has 0 unspecified atom stereocenters. The molecule has 0 atom stereocenters. The van der Waals surface area contributed by atoms with Gasteiger partial charge in [0.2, 0.25) is 0 Å². The smallest absolute Gasteiger partial charge is 0.354 e. The second kappa shape index (κ2) is 3.94.